The summed E-state index contributed by atoms with van der Waals surface area (Å²) in [5.74, 6) is -0.286. The molecule has 4 nitrogen and oxygen atoms in total. The highest BCUT2D eigenvalue weighted by molar-refractivity contribution is 5.90. The smallest absolute Gasteiger partial charge is 0.338 e. The van der Waals surface area contributed by atoms with Gasteiger partial charge in [0, 0.05) is 13.1 Å². The minimum Gasteiger partial charge on any atom is -0.465 e. The van der Waals surface area contributed by atoms with E-state index < -0.39 is 0 Å². The molecule has 1 aliphatic rings. The summed E-state index contributed by atoms with van der Waals surface area (Å²) in [5.41, 5.74) is 1.59. The molecule has 0 atom stereocenters. The first kappa shape index (κ1) is 16.0. The monoisotopic (exact) mass is 291 g/mol. The summed E-state index contributed by atoms with van der Waals surface area (Å²) in [5, 5.41) is 3.33. The number of rotatable bonds is 7. The molecule has 21 heavy (non-hydrogen) atoms. The van der Waals surface area contributed by atoms with Gasteiger partial charge in [0.25, 0.3) is 0 Å². The quantitative estimate of drug-likeness (QED) is 0.620. The van der Waals surface area contributed by atoms with Gasteiger partial charge in [-0.2, -0.15) is 0 Å². The minimum absolute atomic E-state index is 0.286. The highest BCUT2D eigenvalue weighted by Crippen LogP contribution is 2.19. The van der Waals surface area contributed by atoms with Gasteiger partial charge in [-0.25, -0.2) is 4.79 Å². The van der Waals surface area contributed by atoms with Crippen LogP contribution in [0.25, 0.3) is 0 Å². The first-order chi connectivity index (χ1) is 10.3. The third-order valence-electron chi connectivity index (χ3n) is 3.92. The number of hydrogen-bond acceptors (Lipinski definition) is 4. The first-order valence-corrected chi connectivity index (χ1v) is 7.80. The van der Waals surface area contributed by atoms with Crippen molar-refractivity contribution in [1.29, 1.82) is 0 Å². The van der Waals surface area contributed by atoms with Crippen molar-refractivity contribution in [2.45, 2.75) is 44.8 Å². The number of carbonyl (C=O) groups is 1. The summed E-state index contributed by atoms with van der Waals surface area (Å²) in [7, 11) is 1.41. The van der Waals surface area contributed by atoms with Crippen molar-refractivity contribution < 1.29 is 14.3 Å². The summed E-state index contributed by atoms with van der Waals surface area (Å²) in [6, 6.07) is 7.52. The lowest BCUT2D eigenvalue weighted by atomic mass is 9.98. The van der Waals surface area contributed by atoms with Gasteiger partial charge in [0.15, 0.2) is 0 Å². The molecular weight excluding hydrogens is 266 g/mol. The van der Waals surface area contributed by atoms with Crippen LogP contribution in [0.15, 0.2) is 24.3 Å². The van der Waals surface area contributed by atoms with Crippen LogP contribution in [-0.2, 0) is 16.0 Å². The van der Waals surface area contributed by atoms with Crippen molar-refractivity contribution in [3.8, 4) is 0 Å². The number of hydrogen-bond donors (Lipinski definition) is 1. The van der Waals surface area contributed by atoms with Gasteiger partial charge in [-0.05, 0) is 24.5 Å². The molecule has 0 spiro atoms. The minimum atomic E-state index is -0.286. The Hall–Kier alpha value is -1.39. The maximum atomic E-state index is 11.7. The molecule has 4 heteroatoms. The third-order valence-corrected chi connectivity index (χ3v) is 3.92. The van der Waals surface area contributed by atoms with Crippen molar-refractivity contribution >= 4 is 5.97 Å². The van der Waals surface area contributed by atoms with Gasteiger partial charge in [-0.1, -0.05) is 37.5 Å². The van der Waals surface area contributed by atoms with Crippen molar-refractivity contribution in [3.05, 3.63) is 35.4 Å². The average Bonchev–Trinajstić information content (AvgIpc) is 2.55. The summed E-state index contributed by atoms with van der Waals surface area (Å²) >= 11 is 0. The van der Waals surface area contributed by atoms with Gasteiger partial charge in [0.05, 0.1) is 25.4 Å². The SMILES string of the molecule is COC(=O)c1ccccc1CNCCOC1CCCCC1. The molecule has 1 N–H and O–H groups in total. The molecule has 0 unspecified atom stereocenters. The molecule has 1 aromatic carbocycles. The predicted molar refractivity (Wildman–Crippen MR) is 82.3 cm³/mol. The summed E-state index contributed by atoms with van der Waals surface area (Å²) in [6.45, 7) is 2.18. The number of ether oxygens (including phenoxy) is 2. The van der Waals surface area contributed by atoms with E-state index in [2.05, 4.69) is 5.32 Å². The van der Waals surface area contributed by atoms with E-state index in [1.54, 1.807) is 6.07 Å². The van der Waals surface area contributed by atoms with E-state index in [0.29, 0.717) is 18.2 Å². The van der Waals surface area contributed by atoms with Crippen LogP contribution in [0.2, 0.25) is 0 Å². The summed E-state index contributed by atoms with van der Waals surface area (Å²) in [6.07, 6.45) is 6.79. The largest absolute Gasteiger partial charge is 0.465 e. The topological polar surface area (TPSA) is 47.6 Å². The first-order valence-electron chi connectivity index (χ1n) is 7.80. The van der Waals surface area contributed by atoms with Crippen LogP contribution in [0.1, 0.15) is 48.0 Å². The lowest BCUT2D eigenvalue weighted by Gasteiger charge is -2.22. The van der Waals surface area contributed by atoms with Gasteiger partial charge in [-0.3, -0.25) is 0 Å². The number of methoxy groups -OCH3 is 1. The number of esters is 1. The Morgan fingerprint density at radius 3 is 2.76 bits per heavy atom. The van der Waals surface area contributed by atoms with Crippen LogP contribution < -0.4 is 5.32 Å². The zero-order valence-corrected chi connectivity index (χ0v) is 12.8. The van der Waals surface area contributed by atoms with E-state index in [1.165, 1.54) is 39.2 Å². The maximum absolute atomic E-state index is 11.7. The van der Waals surface area contributed by atoms with E-state index in [4.69, 9.17) is 9.47 Å². The highest BCUT2D eigenvalue weighted by atomic mass is 16.5. The second-order valence-electron chi connectivity index (χ2n) is 5.46. The number of nitrogens with one attached hydrogen (secondary N) is 1. The average molecular weight is 291 g/mol. The van der Waals surface area contributed by atoms with Crippen molar-refractivity contribution in [2.75, 3.05) is 20.3 Å². The van der Waals surface area contributed by atoms with Crippen molar-refractivity contribution in [3.63, 3.8) is 0 Å². The lowest BCUT2D eigenvalue weighted by Crippen LogP contribution is -2.25. The zero-order chi connectivity index (χ0) is 14.9. The van der Waals surface area contributed by atoms with Crippen molar-refractivity contribution in [2.24, 2.45) is 0 Å². The molecule has 1 fully saturated rings. The molecule has 0 aliphatic heterocycles. The normalized spacial score (nSPS) is 15.9. The Kier molecular flexibility index (Phi) is 6.70. The van der Waals surface area contributed by atoms with E-state index in [1.807, 2.05) is 18.2 Å². The molecular formula is C17H25NO3. The molecule has 0 radical (unpaired) electrons. The van der Waals surface area contributed by atoms with Gasteiger partial charge < -0.3 is 14.8 Å². The molecule has 0 amide bonds. The van der Waals surface area contributed by atoms with Crippen molar-refractivity contribution in [1.82, 2.24) is 5.32 Å². The fraction of sp³-hybridized carbons (Fsp3) is 0.588. The summed E-state index contributed by atoms with van der Waals surface area (Å²) < 4.78 is 10.7. The Morgan fingerprint density at radius 1 is 1.24 bits per heavy atom. The Bertz CT molecular complexity index is 441. The van der Waals surface area contributed by atoms with Gasteiger partial charge in [0.1, 0.15) is 0 Å². The van der Waals surface area contributed by atoms with E-state index >= 15 is 0 Å². The molecule has 2 rings (SSSR count). The van der Waals surface area contributed by atoms with E-state index in [0.717, 1.165) is 18.7 Å². The molecule has 1 saturated carbocycles. The lowest BCUT2D eigenvalue weighted by molar-refractivity contribution is 0.0302. The van der Waals surface area contributed by atoms with Gasteiger partial charge >= 0.3 is 5.97 Å². The van der Waals surface area contributed by atoms with Crippen LogP contribution in [0, 0.1) is 0 Å². The zero-order valence-electron chi connectivity index (χ0n) is 12.8. The Balaban J connectivity index is 1.69. The van der Waals surface area contributed by atoms with Crippen LogP contribution in [0.4, 0.5) is 0 Å². The Morgan fingerprint density at radius 2 is 2.00 bits per heavy atom. The highest BCUT2D eigenvalue weighted by Gasteiger charge is 2.13. The molecule has 0 heterocycles. The standard InChI is InChI=1S/C17H25NO3/c1-20-17(19)16-10-6-5-7-14(16)13-18-11-12-21-15-8-3-2-4-9-15/h5-7,10,15,18H,2-4,8-9,11-13H2,1H3. The van der Waals surface area contributed by atoms with E-state index in [-0.39, 0.29) is 5.97 Å². The fourth-order valence-electron chi connectivity index (χ4n) is 2.74. The predicted octanol–water partition coefficient (Wildman–Crippen LogP) is 2.91. The fourth-order valence-corrected chi connectivity index (χ4v) is 2.74. The molecule has 1 aliphatic carbocycles. The number of benzene rings is 1. The molecule has 0 saturated heterocycles. The van der Waals surface area contributed by atoms with Crippen LogP contribution in [-0.4, -0.2) is 32.3 Å². The number of carbonyl (C=O) groups excluding carboxylic acids is 1. The van der Waals surface area contributed by atoms with Gasteiger partial charge in [-0.15, -0.1) is 0 Å². The van der Waals surface area contributed by atoms with Crippen LogP contribution in [0.5, 0.6) is 0 Å². The molecule has 116 valence electrons. The molecule has 0 bridgehead atoms. The van der Waals surface area contributed by atoms with Crippen LogP contribution >= 0.6 is 0 Å². The van der Waals surface area contributed by atoms with Gasteiger partial charge in [0.2, 0.25) is 0 Å². The molecule has 1 aromatic rings. The summed E-state index contributed by atoms with van der Waals surface area (Å²) in [4.78, 5) is 11.7. The Labute approximate surface area is 126 Å². The van der Waals surface area contributed by atoms with E-state index in [9.17, 15) is 4.79 Å². The third kappa shape index (κ3) is 5.14. The maximum Gasteiger partial charge on any atom is 0.338 e. The second-order valence-corrected chi connectivity index (χ2v) is 5.46. The molecule has 0 aromatic heterocycles. The second kappa shape index (κ2) is 8.80. The van der Waals surface area contributed by atoms with Crippen LogP contribution in [0.3, 0.4) is 0 Å².